The third-order valence-corrected chi connectivity index (χ3v) is 4.26. The van der Waals surface area contributed by atoms with Gasteiger partial charge < -0.3 is 15.0 Å². The number of aromatic amines is 1. The third kappa shape index (κ3) is 4.51. The van der Waals surface area contributed by atoms with Crippen LogP contribution in [-0.4, -0.2) is 22.1 Å². The number of nitrogens with one attached hydrogen (secondary N) is 2. The minimum atomic E-state index is -0.217. The largest absolute Gasteiger partial charge is 0.489 e. The molecular weight excluding hydrogens is 362 g/mol. The Hall–Kier alpha value is -3.19. The Morgan fingerprint density at radius 1 is 1.26 bits per heavy atom. The number of rotatable bonds is 7. The summed E-state index contributed by atoms with van der Waals surface area (Å²) >= 11 is 5.26. The van der Waals surface area contributed by atoms with Crippen LogP contribution in [0.25, 0.3) is 10.9 Å². The molecule has 0 unspecified atom stereocenters. The molecular formula is C20H19N3O3S. The summed E-state index contributed by atoms with van der Waals surface area (Å²) in [6, 6.07) is 14.2. The minimum absolute atomic E-state index is 0.119. The highest BCUT2D eigenvalue weighted by atomic mass is 32.1. The van der Waals surface area contributed by atoms with Crippen LogP contribution in [-0.2, 0) is 11.3 Å². The fraction of sp³-hybridized carbons (Fsp3) is 0.150. The van der Waals surface area contributed by atoms with Gasteiger partial charge >= 0.3 is 0 Å². The Kier molecular flexibility index (Phi) is 5.83. The van der Waals surface area contributed by atoms with E-state index in [1.54, 1.807) is 48.5 Å². The molecule has 0 aliphatic carbocycles. The molecule has 0 spiro atoms. The number of ether oxygens (including phenoxy) is 1. The summed E-state index contributed by atoms with van der Waals surface area (Å²) in [5.74, 6) is 0.422. The second-order valence-corrected chi connectivity index (χ2v) is 6.24. The number of para-hydroxylation sites is 1. The molecule has 0 radical (unpaired) electrons. The van der Waals surface area contributed by atoms with E-state index in [9.17, 15) is 9.59 Å². The smallest absolute Gasteiger partial charge is 0.262 e. The topological polar surface area (TPSA) is 76.1 Å². The molecule has 1 amide bonds. The van der Waals surface area contributed by atoms with E-state index in [4.69, 9.17) is 17.0 Å². The van der Waals surface area contributed by atoms with Gasteiger partial charge in [-0.2, -0.15) is 0 Å². The lowest BCUT2D eigenvalue weighted by Gasteiger charge is -2.10. The molecule has 0 aliphatic heterocycles. The molecule has 2 aromatic carbocycles. The van der Waals surface area contributed by atoms with Gasteiger partial charge in [0.25, 0.3) is 5.56 Å². The van der Waals surface area contributed by atoms with Gasteiger partial charge in [0, 0.05) is 24.7 Å². The Bertz CT molecular complexity index is 1100. The van der Waals surface area contributed by atoms with Gasteiger partial charge in [-0.05, 0) is 36.5 Å². The van der Waals surface area contributed by atoms with Gasteiger partial charge in [0.05, 0.1) is 10.9 Å². The molecule has 7 heteroatoms. The average molecular weight is 381 g/mol. The quantitative estimate of drug-likeness (QED) is 0.484. The van der Waals surface area contributed by atoms with E-state index < -0.39 is 0 Å². The maximum Gasteiger partial charge on any atom is 0.262 e. The van der Waals surface area contributed by atoms with Gasteiger partial charge in [-0.1, -0.05) is 30.9 Å². The second-order valence-electron chi connectivity index (χ2n) is 5.86. The molecule has 1 heterocycles. The number of carbonyl (C=O) groups excluding carboxylic acids is 1. The molecule has 2 N–H and O–H groups in total. The lowest BCUT2D eigenvalue weighted by Crippen LogP contribution is -2.25. The summed E-state index contributed by atoms with van der Waals surface area (Å²) in [7, 11) is 0. The van der Waals surface area contributed by atoms with Gasteiger partial charge in [0.1, 0.15) is 12.4 Å². The van der Waals surface area contributed by atoms with Crippen molar-refractivity contribution >= 4 is 34.7 Å². The van der Waals surface area contributed by atoms with E-state index in [1.807, 2.05) is 6.07 Å². The highest BCUT2D eigenvalue weighted by Gasteiger charge is 2.08. The lowest BCUT2D eigenvalue weighted by molar-refractivity contribution is -0.116. The number of amides is 1. The first-order chi connectivity index (χ1) is 13.1. The zero-order valence-corrected chi connectivity index (χ0v) is 15.4. The van der Waals surface area contributed by atoms with Gasteiger partial charge in [-0.3, -0.25) is 14.2 Å². The van der Waals surface area contributed by atoms with Crippen molar-refractivity contribution in [1.82, 2.24) is 9.55 Å². The number of nitrogens with zero attached hydrogens (tertiary/aromatic N) is 1. The standard InChI is InChI=1S/C20H19N3O3S/c1-2-12-26-15-7-5-6-14(13-15)21-18(24)10-11-23-19(25)16-8-3-4-9-17(16)22-20(23)27/h2-9,13H,1,10-12H2,(H,21,24)(H,22,27). The SMILES string of the molecule is C=CCOc1cccc(NC(=O)CCn2c(=S)[nH]c3ccccc3c2=O)c1. The summed E-state index contributed by atoms with van der Waals surface area (Å²) in [4.78, 5) is 27.9. The molecule has 0 bridgehead atoms. The monoisotopic (exact) mass is 381 g/mol. The number of benzene rings is 2. The maximum atomic E-state index is 12.6. The number of fused-ring (bicyclic) bond motifs is 1. The summed E-state index contributed by atoms with van der Waals surface area (Å²) in [5.41, 5.74) is 1.10. The second kappa shape index (κ2) is 8.46. The van der Waals surface area contributed by atoms with Crippen LogP contribution in [0.4, 0.5) is 5.69 Å². The van der Waals surface area contributed by atoms with E-state index >= 15 is 0 Å². The highest BCUT2D eigenvalue weighted by Crippen LogP contribution is 2.17. The van der Waals surface area contributed by atoms with Crippen LogP contribution in [0, 0.1) is 4.77 Å². The van der Waals surface area contributed by atoms with E-state index in [1.165, 1.54) is 4.57 Å². The van der Waals surface area contributed by atoms with E-state index in [0.717, 1.165) is 0 Å². The Balaban J connectivity index is 1.69. The Morgan fingerprint density at radius 3 is 2.89 bits per heavy atom. The molecule has 3 aromatic rings. The van der Waals surface area contributed by atoms with Gasteiger partial charge in [-0.15, -0.1) is 0 Å². The van der Waals surface area contributed by atoms with Crippen LogP contribution in [0.3, 0.4) is 0 Å². The zero-order valence-electron chi connectivity index (χ0n) is 14.6. The van der Waals surface area contributed by atoms with Crippen LogP contribution in [0.5, 0.6) is 5.75 Å². The summed E-state index contributed by atoms with van der Waals surface area (Å²) in [5, 5.41) is 3.34. The van der Waals surface area contributed by atoms with Gasteiger partial charge in [-0.25, -0.2) is 0 Å². The predicted octanol–water partition coefficient (Wildman–Crippen LogP) is 3.65. The van der Waals surface area contributed by atoms with Gasteiger partial charge in [0.2, 0.25) is 5.91 Å². The number of carbonyl (C=O) groups is 1. The molecule has 0 atom stereocenters. The number of anilines is 1. The number of H-pyrrole nitrogens is 1. The fourth-order valence-corrected chi connectivity index (χ4v) is 2.94. The van der Waals surface area contributed by atoms with Crippen molar-refractivity contribution in [1.29, 1.82) is 0 Å². The van der Waals surface area contributed by atoms with Crippen LogP contribution in [0.15, 0.2) is 66.0 Å². The molecule has 6 nitrogen and oxygen atoms in total. The molecule has 0 aliphatic rings. The van der Waals surface area contributed by atoms with Crippen LogP contribution in [0.2, 0.25) is 0 Å². The normalized spacial score (nSPS) is 10.5. The maximum absolute atomic E-state index is 12.6. The van der Waals surface area contributed by atoms with Crippen molar-refractivity contribution in [3.8, 4) is 5.75 Å². The Morgan fingerprint density at radius 2 is 2.07 bits per heavy atom. The molecule has 27 heavy (non-hydrogen) atoms. The molecule has 1 aromatic heterocycles. The summed E-state index contributed by atoms with van der Waals surface area (Å²) in [6.07, 6.45) is 1.77. The number of hydrogen-bond acceptors (Lipinski definition) is 4. The first kappa shape index (κ1) is 18.6. The number of hydrogen-bond donors (Lipinski definition) is 2. The molecule has 0 saturated carbocycles. The minimum Gasteiger partial charge on any atom is -0.489 e. The van der Waals surface area contributed by atoms with Crippen LogP contribution < -0.4 is 15.6 Å². The third-order valence-electron chi connectivity index (χ3n) is 3.94. The van der Waals surface area contributed by atoms with E-state index in [2.05, 4.69) is 16.9 Å². The highest BCUT2D eigenvalue weighted by molar-refractivity contribution is 7.71. The van der Waals surface area contributed by atoms with E-state index in [0.29, 0.717) is 33.7 Å². The van der Waals surface area contributed by atoms with Crippen molar-refractivity contribution in [2.75, 3.05) is 11.9 Å². The Labute approximate surface area is 161 Å². The lowest BCUT2D eigenvalue weighted by atomic mass is 10.2. The van der Waals surface area contributed by atoms with Crippen molar-refractivity contribution in [2.24, 2.45) is 0 Å². The number of aromatic nitrogens is 2. The van der Waals surface area contributed by atoms with E-state index in [-0.39, 0.29) is 24.4 Å². The molecule has 0 saturated heterocycles. The van der Waals surface area contributed by atoms with Crippen molar-refractivity contribution in [3.05, 3.63) is 76.3 Å². The van der Waals surface area contributed by atoms with Crippen molar-refractivity contribution in [2.45, 2.75) is 13.0 Å². The average Bonchev–Trinajstić information content (AvgIpc) is 2.66. The first-order valence-electron chi connectivity index (χ1n) is 8.44. The molecule has 3 rings (SSSR count). The first-order valence-corrected chi connectivity index (χ1v) is 8.85. The van der Waals surface area contributed by atoms with Gasteiger partial charge in [0.15, 0.2) is 4.77 Å². The zero-order chi connectivity index (χ0) is 19.2. The predicted molar refractivity (Wildman–Crippen MR) is 109 cm³/mol. The van der Waals surface area contributed by atoms with Crippen LogP contribution >= 0.6 is 12.2 Å². The summed E-state index contributed by atoms with van der Waals surface area (Å²) < 4.78 is 7.15. The summed E-state index contributed by atoms with van der Waals surface area (Å²) in [6.45, 7) is 4.18. The van der Waals surface area contributed by atoms with Crippen molar-refractivity contribution < 1.29 is 9.53 Å². The fourth-order valence-electron chi connectivity index (χ4n) is 2.66. The van der Waals surface area contributed by atoms with Crippen molar-refractivity contribution in [3.63, 3.8) is 0 Å². The van der Waals surface area contributed by atoms with Crippen LogP contribution in [0.1, 0.15) is 6.42 Å². The molecule has 0 fully saturated rings. The molecule has 138 valence electrons.